The number of methoxy groups -OCH3 is 1. The zero-order chi connectivity index (χ0) is 15.3. The van der Waals surface area contributed by atoms with Crippen molar-refractivity contribution in [2.75, 3.05) is 12.4 Å². The number of hydrogen-bond acceptors (Lipinski definition) is 4. The standard InChI is InChI=1S/C14H15NO5/c1-8(9(2)13(17)18)12(16)15-11-6-4-10(5-7-11)14(19)20-3/h4-7H,1-3H3,(H,15,16)(H,17,18)/b9-8-. The Balaban J connectivity index is 2.84. The lowest BCUT2D eigenvalue weighted by atomic mass is 10.1. The molecule has 1 rings (SSSR count). The van der Waals surface area contributed by atoms with Crippen molar-refractivity contribution in [3.05, 3.63) is 41.0 Å². The molecule has 0 bridgehead atoms. The van der Waals surface area contributed by atoms with Crippen molar-refractivity contribution < 1.29 is 24.2 Å². The van der Waals surface area contributed by atoms with Gasteiger partial charge in [-0.3, -0.25) is 4.79 Å². The molecule has 0 unspecified atom stereocenters. The van der Waals surface area contributed by atoms with Gasteiger partial charge >= 0.3 is 11.9 Å². The number of benzene rings is 1. The average Bonchev–Trinajstić information content (AvgIpc) is 2.45. The van der Waals surface area contributed by atoms with Crippen LogP contribution in [0.15, 0.2) is 35.4 Å². The molecule has 6 nitrogen and oxygen atoms in total. The molecule has 0 aromatic heterocycles. The largest absolute Gasteiger partial charge is 0.478 e. The molecule has 0 fully saturated rings. The normalized spacial score (nSPS) is 11.3. The summed E-state index contributed by atoms with van der Waals surface area (Å²) in [5.74, 6) is -2.12. The number of aliphatic carboxylic acids is 1. The van der Waals surface area contributed by atoms with E-state index in [2.05, 4.69) is 10.1 Å². The second kappa shape index (κ2) is 6.51. The zero-order valence-corrected chi connectivity index (χ0v) is 11.4. The van der Waals surface area contributed by atoms with Crippen molar-refractivity contribution in [1.29, 1.82) is 0 Å². The zero-order valence-electron chi connectivity index (χ0n) is 11.4. The Hall–Kier alpha value is -2.63. The highest BCUT2D eigenvalue weighted by molar-refractivity contribution is 6.08. The molecule has 1 amide bonds. The van der Waals surface area contributed by atoms with Crippen LogP contribution in [0.4, 0.5) is 5.69 Å². The maximum atomic E-state index is 11.8. The van der Waals surface area contributed by atoms with Gasteiger partial charge < -0.3 is 15.2 Å². The van der Waals surface area contributed by atoms with Crippen LogP contribution in [0.2, 0.25) is 0 Å². The lowest BCUT2D eigenvalue weighted by Gasteiger charge is -2.07. The fourth-order valence-corrected chi connectivity index (χ4v) is 1.36. The number of rotatable bonds is 4. The Bertz CT molecular complexity index is 572. The third kappa shape index (κ3) is 3.68. The molecule has 1 aromatic rings. The van der Waals surface area contributed by atoms with Gasteiger partial charge in [-0.1, -0.05) is 0 Å². The quantitative estimate of drug-likeness (QED) is 0.647. The van der Waals surface area contributed by atoms with Gasteiger partial charge in [-0.15, -0.1) is 0 Å². The van der Waals surface area contributed by atoms with Crippen molar-refractivity contribution in [1.82, 2.24) is 0 Å². The van der Waals surface area contributed by atoms with Crippen molar-refractivity contribution >= 4 is 23.5 Å². The van der Waals surface area contributed by atoms with E-state index >= 15 is 0 Å². The molecule has 0 radical (unpaired) electrons. The van der Waals surface area contributed by atoms with E-state index in [4.69, 9.17) is 5.11 Å². The van der Waals surface area contributed by atoms with Gasteiger partial charge in [0, 0.05) is 16.8 Å². The predicted molar refractivity (Wildman–Crippen MR) is 72.4 cm³/mol. The number of carbonyl (C=O) groups is 3. The molecule has 6 heteroatoms. The van der Waals surface area contributed by atoms with Gasteiger partial charge in [-0.05, 0) is 38.1 Å². The molecule has 0 aliphatic heterocycles. The highest BCUT2D eigenvalue weighted by atomic mass is 16.5. The molecule has 0 spiro atoms. The second-order valence-electron chi connectivity index (χ2n) is 4.08. The minimum Gasteiger partial charge on any atom is -0.478 e. The molecule has 0 atom stereocenters. The molecule has 0 aliphatic carbocycles. The summed E-state index contributed by atoms with van der Waals surface area (Å²) >= 11 is 0. The van der Waals surface area contributed by atoms with E-state index in [1.54, 1.807) is 0 Å². The van der Waals surface area contributed by atoms with E-state index in [0.717, 1.165) is 0 Å². The second-order valence-corrected chi connectivity index (χ2v) is 4.08. The highest BCUT2D eigenvalue weighted by Crippen LogP contribution is 2.13. The highest BCUT2D eigenvalue weighted by Gasteiger charge is 2.13. The first-order chi connectivity index (χ1) is 9.36. The molecular formula is C14H15NO5. The smallest absolute Gasteiger partial charge is 0.337 e. The predicted octanol–water partition coefficient (Wildman–Crippen LogP) is 1.83. The number of amides is 1. The van der Waals surface area contributed by atoms with E-state index < -0.39 is 17.8 Å². The van der Waals surface area contributed by atoms with Crippen LogP contribution in [0.1, 0.15) is 24.2 Å². The van der Waals surface area contributed by atoms with Gasteiger partial charge in [0.15, 0.2) is 0 Å². The summed E-state index contributed by atoms with van der Waals surface area (Å²) in [6.45, 7) is 2.79. The minimum absolute atomic E-state index is 0.0197. The van der Waals surface area contributed by atoms with E-state index in [-0.39, 0.29) is 11.1 Å². The van der Waals surface area contributed by atoms with Gasteiger partial charge in [0.25, 0.3) is 5.91 Å². The van der Waals surface area contributed by atoms with Gasteiger partial charge in [-0.2, -0.15) is 0 Å². The maximum Gasteiger partial charge on any atom is 0.337 e. The van der Waals surface area contributed by atoms with Crippen molar-refractivity contribution in [2.24, 2.45) is 0 Å². The third-order valence-electron chi connectivity index (χ3n) is 2.79. The number of ether oxygens (including phenoxy) is 1. The minimum atomic E-state index is -1.14. The lowest BCUT2D eigenvalue weighted by Crippen LogP contribution is -2.16. The summed E-state index contributed by atoms with van der Waals surface area (Å²) in [7, 11) is 1.28. The third-order valence-corrected chi connectivity index (χ3v) is 2.79. The van der Waals surface area contributed by atoms with Crippen LogP contribution in [0.25, 0.3) is 0 Å². The number of anilines is 1. The first-order valence-corrected chi connectivity index (χ1v) is 5.77. The summed E-state index contributed by atoms with van der Waals surface area (Å²) in [6, 6.07) is 6.08. The Labute approximate surface area is 116 Å². The number of carboxylic acids is 1. The molecular weight excluding hydrogens is 262 g/mol. The van der Waals surface area contributed by atoms with Crippen LogP contribution >= 0.6 is 0 Å². The topological polar surface area (TPSA) is 92.7 Å². The fourth-order valence-electron chi connectivity index (χ4n) is 1.36. The van der Waals surface area contributed by atoms with Crippen LogP contribution in [0.5, 0.6) is 0 Å². The van der Waals surface area contributed by atoms with E-state index in [9.17, 15) is 14.4 Å². The molecule has 0 heterocycles. The van der Waals surface area contributed by atoms with Crippen molar-refractivity contribution in [3.63, 3.8) is 0 Å². The number of esters is 1. The summed E-state index contributed by atoms with van der Waals surface area (Å²) in [5.41, 5.74) is 0.919. The summed E-state index contributed by atoms with van der Waals surface area (Å²) < 4.78 is 4.55. The number of carboxylic acid groups (broad SMARTS) is 1. The molecule has 20 heavy (non-hydrogen) atoms. The Morgan fingerprint density at radius 1 is 1.05 bits per heavy atom. The summed E-state index contributed by atoms with van der Waals surface area (Å²) in [5, 5.41) is 11.4. The first-order valence-electron chi connectivity index (χ1n) is 5.77. The number of hydrogen-bond donors (Lipinski definition) is 2. The van der Waals surface area contributed by atoms with Crippen molar-refractivity contribution in [3.8, 4) is 0 Å². The van der Waals surface area contributed by atoms with Crippen LogP contribution in [-0.2, 0) is 14.3 Å². The van der Waals surface area contributed by atoms with Gasteiger partial charge in [0.2, 0.25) is 0 Å². The first kappa shape index (κ1) is 15.4. The average molecular weight is 277 g/mol. The summed E-state index contributed by atoms with van der Waals surface area (Å²) in [4.78, 5) is 33.8. The Kier molecular flexibility index (Phi) is 5.02. The molecule has 0 aliphatic rings. The monoisotopic (exact) mass is 277 g/mol. The van der Waals surface area contributed by atoms with Gasteiger partial charge in [-0.25, -0.2) is 9.59 Å². The Morgan fingerprint density at radius 3 is 2.05 bits per heavy atom. The van der Waals surface area contributed by atoms with Gasteiger partial charge in [0.05, 0.1) is 12.7 Å². The molecule has 2 N–H and O–H groups in total. The maximum absolute atomic E-state index is 11.8. The number of carbonyl (C=O) groups excluding carboxylic acids is 2. The van der Waals surface area contributed by atoms with E-state index in [0.29, 0.717) is 11.3 Å². The SMILES string of the molecule is COC(=O)c1ccc(NC(=O)/C(C)=C(/C)C(=O)O)cc1. The molecule has 0 saturated heterocycles. The molecule has 1 aromatic carbocycles. The summed E-state index contributed by atoms with van der Waals surface area (Å²) in [6.07, 6.45) is 0. The molecule has 106 valence electrons. The van der Waals surface area contributed by atoms with Crippen molar-refractivity contribution in [2.45, 2.75) is 13.8 Å². The van der Waals surface area contributed by atoms with Crippen LogP contribution in [-0.4, -0.2) is 30.1 Å². The van der Waals surface area contributed by atoms with E-state index in [1.165, 1.54) is 45.2 Å². The van der Waals surface area contributed by atoms with Gasteiger partial charge in [0.1, 0.15) is 0 Å². The fraction of sp³-hybridized carbons (Fsp3) is 0.214. The van der Waals surface area contributed by atoms with Crippen LogP contribution in [0.3, 0.4) is 0 Å². The van der Waals surface area contributed by atoms with E-state index in [1.807, 2.05) is 0 Å². The van der Waals surface area contributed by atoms with Crippen LogP contribution < -0.4 is 5.32 Å². The van der Waals surface area contributed by atoms with Crippen LogP contribution in [0, 0.1) is 0 Å². The molecule has 0 saturated carbocycles. The Morgan fingerprint density at radius 2 is 1.60 bits per heavy atom. The lowest BCUT2D eigenvalue weighted by molar-refractivity contribution is -0.133. The number of nitrogens with one attached hydrogen (secondary N) is 1.